The molecule has 2 aromatic carbocycles. The van der Waals surface area contributed by atoms with Gasteiger partial charge in [-0.1, -0.05) is 23.7 Å². The molecule has 1 aliphatic rings. The summed E-state index contributed by atoms with van der Waals surface area (Å²) in [6.07, 6.45) is 0. The van der Waals surface area contributed by atoms with E-state index in [2.05, 4.69) is 0 Å². The van der Waals surface area contributed by atoms with Crippen LogP contribution in [-0.4, -0.2) is 18.3 Å². The minimum Gasteiger partial charge on any atom is -0.497 e. The first-order chi connectivity index (χ1) is 11.9. The molecule has 4 nitrogen and oxygen atoms in total. The smallest absolute Gasteiger partial charge is 0.298 e. The molecule has 0 bridgehead atoms. The predicted molar refractivity (Wildman–Crippen MR) is 97.5 cm³/mol. The van der Waals surface area contributed by atoms with Gasteiger partial charge in [-0.15, -0.1) is 0 Å². The third-order valence-electron chi connectivity index (χ3n) is 3.79. The number of carbonyl (C=O) groups excluding carboxylic acids is 2. The Hall–Kier alpha value is -2.31. The molecule has 2 amide bonds. The summed E-state index contributed by atoms with van der Waals surface area (Å²) in [5.74, 6) is -0.362. The van der Waals surface area contributed by atoms with Crippen LogP contribution < -0.4 is 9.64 Å². The Morgan fingerprint density at radius 2 is 1.84 bits per heavy atom. The highest BCUT2D eigenvalue weighted by Gasteiger charge is 2.38. The number of allylic oxidation sites excluding steroid dienone is 1. The van der Waals surface area contributed by atoms with E-state index in [1.807, 2.05) is 12.1 Å². The first-order valence-electron chi connectivity index (χ1n) is 7.29. The van der Waals surface area contributed by atoms with Gasteiger partial charge < -0.3 is 4.74 Å². The van der Waals surface area contributed by atoms with Gasteiger partial charge in [0.2, 0.25) is 0 Å². The summed E-state index contributed by atoms with van der Waals surface area (Å²) in [5, 5.41) is -0.594. The van der Waals surface area contributed by atoms with Crippen LogP contribution >= 0.6 is 23.4 Å². The van der Waals surface area contributed by atoms with Gasteiger partial charge in [0.25, 0.3) is 11.1 Å². The van der Waals surface area contributed by atoms with Gasteiger partial charge in [-0.05, 0) is 60.2 Å². The number of amides is 2. The van der Waals surface area contributed by atoms with Crippen molar-refractivity contribution < 1.29 is 18.7 Å². The molecule has 128 valence electrons. The van der Waals surface area contributed by atoms with E-state index in [4.69, 9.17) is 16.3 Å². The number of ether oxygens (including phenoxy) is 1. The molecule has 0 aromatic heterocycles. The maximum absolute atomic E-state index is 13.3. The number of methoxy groups -OCH3 is 1. The third-order valence-corrected chi connectivity index (χ3v) is 5.13. The van der Waals surface area contributed by atoms with Gasteiger partial charge in [-0.3, -0.25) is 9.59 Å². The van der Waals surface area contributed by atoms with Crippen LogP contribution in [0.25, 0.3) is 5.57 Å². The van der Waals surface area contributed by atoms with Gasteiger partial charge in [-0.25, -0.2) is 9.29 Å². The Kier molecular flexibility index (Phi) is 4.83. The van der Waals surface area contributed by atoms with Crippen molar-refractivity contribution >= 4 is 45.8 Å². The van der Waals surface area contributed by atoms with Gasteiger partial charge >= 0.3 is 0 Å². The minimum absolute atomic E-state index is 0.146. The first-order valence-corrected chi connectivity index (χ1v) is 8.48. The Bertz CT molecular complexity index is 896. The lowest BCUT2D eigenvalue weighted by Crippen LogP contribution is -2.27. The zero-order valence-corrected chi connectivity index (χ0v) is 15.0. The molecule has 3 rings (SSSR count). The lowest BCUT2D eigenvalue weighted by Gasteiger charge is -2.13. The Morgan fingerprint density at radius 3 is 2.44 bits per heavy atom. The number of hydrogen-bond acceptors (Lipinski definition) is 4. The number of carbonyl (C=O) groups is 2. The summed E-state index contributed by atoms with van der Waals surface area (Å²) in [7, 11) is 1.57. The van der Waals surface area contributed by atoms with Crippen LogP contribution in [0.5, 0.6) is 5.75 Å². The van der Waals surface area contributed by atoms with E-state index in [9.17, 15) is 14.0 Å². The zero-order valence-electron chi connectivity index (χ0n) is 13.4. The Morgan fingerprint density at radius 1 is 1.16 bits per heavy atom. The fraction of sp³-hybridized carbons (Fsp3) is 0.111. The molecule has 0 atom stereocenters. The largest absolute Gasteiger partial charge is 0.497 e. The summed E-state index contributed by atoms with van der Waals surface area (Å²) in [5.41, 5.74) is 1.73. The summed E-state index contributed by atoms with van der Waals surface area (Å²) in [4.78, 5) is 26.3. The van der Waals surface area contributed by atoms with Crippen molar-refractivity contribution in [3.05, 3.63) is 63.8 Å². The number of imide groups is 1. The normalized spacial score (nSPS) is 16.4. The van der Waals surface area contributed by atoms with Crippen LogP contribution in [0.2, 0.25) is 5.02 Å². The lowest BCUT2D eigenvalue weighted by molar-refractivity contribution is -0.113. The lowest BCUT2D eigenvalue weighted by atomic mass is 10.1. The van der Waals surface area contributed by atoms with E-state index in [1.54, 1.807) is 26.2 Å². The molecule has 0 radical (unpaired) electrons. The van der Waals surface area contributed by atoms with Crippen molar-refractivity contribution in [2.45, 2.75) is 6.92 Å². The number of rotatable bonds is 3. The van der Waals surface area contributed by atoms with E-state index in [0.717, 1.165) is 28.3 Å². The Balaban J connectivity index is 1.97. The van der Waals surface area contributed by atoms with Crippen molar-refractivity contribution in [2.75, 3.05) is 12.0 Å². The highest BCUT2D eigenvalue weighted by molar-refractivity contribution is 8.19. The second-order valence-electron chi connectivity index (χ2n) is 5.29. The maximum atomic E-state index is 13.3. The predicted octanol–water partition coefficient (Wildman–Crippen LogP) is 5.12. The molecule has 0 unspecified atom stereocenters. The fourth-order valence-electron chi connectivity index (χ4n) is 2.42. The highest BCUT2D eigenvalue weighted by Crippen LogP contribution is 2.39. The van der Waals surface area contributed by atoms with Crippen LogP contribution in [0, 0.1) is 5.82 Å². The molecule has 0 N–H and O–H groups in total. The molecule has 25 heavy (non-hydrogen) atoms. The number of hydrogen-bond donors (Lipinski definition) is 0. The quantitative estimate of drug-likeness (QED) is 0.696. The summed E-state index contributed by atoms with van der Waals surface area (Å²) in [6.45, 7) is 1.77. The van der Waals surface area contributed by atoms with E-state index in [-0.39, 0.29) is 10.7 Å². The van der Waals surface area contributed by atoms with Crippen molar-refractivity contribution in [3.63, 3.8) is 0 Å². The van der Waals surface area contributed by atoms with Crippen LogP contribution in [0.15, 0.2) is 47.4 Å². The summed E-state index contributed by atoms with van der Waals surface area (Å²) < 4.78 is 18.4. The number of nitrogens with zero attached hydrogens (tertiary/aromatic N) is 1. The summed E-state index contributed by atoms with van der Waals surface area (Å²) in [6, 6.07) is 10.9. The molecule has 0 aliphatic carbocycles. The van der Waals surface area contributed by atoms with E-state index >= 15 is 0 Å². The number of thioether (sulfide) groups is 1. The molecule has 1 heterocycles. The minimum atomic E-state index is -0.609. The van der Waals surface area contributed by atoms with Crippen molar-refractivity contribution in [1.29, 1.82) is 0 Å². The van der Waals surface area contributed by atoms with E-state index < -0.39 is 17.0 Å². The summed E-state index contributed by atoms with van der Waals surface area (Å²) >= 11 is 6.60. The second kappa shape index (κ2) is 6.90. The average Bonchev–Trinajstić information content (AvgIpc) is 2.91. The van der Waals surface area contributed by atoms with Gasteiger partial charge in [0.15, 0.2) is 0 Å². The van der Waals surface area contributed by atoms with Crippen LogP contribution in [0.3, 0.4) is 0 Å². The van der Waals surface area contributed by atoms with Crippen LogP contribution in [0.1, 0.15) is 12.5 Å². The van der Waals surface area contributed by atoms with Gasteiger partial charge in [0.05, 0.1) is 22.7 Å². The van der Waals surface area contributed by atoms with Crippen molar-refractivity contribution in [1.82, 2.24) is 0 Å². The van der Waals surface area contributed by atoms with E-state index in [1.165, 1.54) is 12.1 Å². The molecular formula is C18H13ClFNO3S. The fourth-order valence-corrected chi connectivity index (χ4v) is 3.50. The van der Waals surface area contributed by atoms with E-state index in [0.29, 0.717) is 16.2 Å². The first kappa shape index (κ1) is 17.5. The van der Waals surface area contributed by atoms with Crippen LogP contribution in [-0.2, 0) is 4.79 Å². The number of anilines is 1. The molecule has 1 fully saturated rings. The Labute approximate surface area is 153 Å². The highest BCUT2D eigenvalue weighted by atomic mass is 35.5. The second-order valence-corrected chi connectivity index (χ2v) is 6.66. The maximum Gasteiger partial charge on any atom is 0.298 e. The van der Waals surface area contributed by atoms with Gasteiger partial charge in [0.1, 0.15) is 11.6 Å². The SMILES string of the molecule is COc1ccc(/C(C)=C2\SC(=O)N(c3ccc(F)c(Cl)c3)C2=O)cc1. The zero-order chi connectivity index (χ0) is 18.1. The molecular weight excluding hydrogens is 365 g/mol. The average molecular weight is 378 g/mol. The number of halogens is 2. The van der Waals surface area contributed by atoms with Crippen molar-refractivity contribution in [2.24, 2.45) is 0 Å². The monoisotopic (exact) mass is 377 g/mol. The molecule has 7 heteroatoms. The van der Waals surface area contributed by atoms with Gasteiger partial charge in [0, 0.05) is 0 Å². The molecule has 1 saturated heterocycles. The number of benzene rings is 2. The topological polar surface area (TPSA) is 46.6 Å². The van der Waals surface area contributed by atoms with Gasteiger partial charge in [-0.2, -0.15) is 0 Å². The standard InChI is InChI=1S/C18H13ClFNO3S/c1-10(11-3-6-13(24-2)7-4-11)16-17(22)21(18(23)25-16)12-5-8-15(20)14(19)9-12/h3-9H,1-2H3/b16-10-. The molecule has 1 aliphatic heterocycles. The van der Waals surface area contributed by atoms with Crippen molar-refractivity contribution in [3.8, 4) is 5.75 Å². The molecule has 0 saturated carbocycles. The third kappa shape index (κ3) is 3.27. The van der Waals surface area contributed by atoms with Crippen LogP contribution in [0.4, 0.5) is 14.9 Å². The molecule has 2 aromatic rings. The molecule has 0 spiro atoms.